The summed E-state index contributed by atoms with van der Waals surface area (Å²) in [6.07, 6.45) is 3.49. The zero-order chi connectivity index (χ0) is 19.6. The van der Waals surface area contributed by atoms with Gasteiger partial charge in [0.1, 0.15) is 4.21 Å². The van der Waals surface area contributed by atoms with Crippen molar-refractivity contribution in [2.75, 3.05) is 10.0 Å². The number of nitrogens with zero attached hydrogens (tertiary/aromatic N) is 2. The SMILES string of the molecule is Cc1ccc(NS(=O)(=O)c2cccs2)cc1Nc1nc(-c2cccnc2)cs1. The Morgan fingerprint density at radius 2 is 1.96 bits per heavy atom. The molecule has 0 fully saturated rings. The fourth-order valence-electron chi connectivity index (χ4n) is 2.54. The lowest BCUT2D eigenvalue weighted by atomic mass is 10.2. The molecule has 9 heteroatoms. The molecule has 0 aliphatic carbocycles. The van der Waals surface area contributed by atoms with Gasteiger partial charge in [0.15, 0.2) is 5.13 Å². The van der Waals surface area contributed by atoms with E-state index >= 15 is 0 Å². The van der Waals surface area contributed by atoms with Gasteiger partial charge in [0.25, 0.3) is 10.0 Å². The number of pyridine rings is 1. The molecular weight excluding hydrogens is 412 g/mol. The van der Waals surface area contributed by atoms with Crippen molar-refractivity contribution in [1.82, 2.24) is 9.97 Å². The third-order valence-corrected chi connectivity index (χ3v) is 7.49. The van der Waals surface area contributed by atoms with Crippen molar-refractivity contribution < 1.29 is 8.42 Å². The number of hydrogen-bond donors (Lipinski definition) is 2. The zero-order valence-corrected chi connectivity index (χ0v) is 17.2. The summed E-state index contributed by atoms with van der Waals surface area (Å²) in [6.45, 7) is 1.95. The number of nitrogens with one attached hydrogen (secondary N) is 2. The summed E-state index contributed by atoms with van der Waals surface area (Å²) in [6, 6.07) is 12.5. The molecule has 0 bridgehead atoms. The maximum absolute atomic E-state index is 12.4. The van der Waals surface area contributed by atoms with Crippen molar-refractivity contribution in [1.29, 1.82) is 0 Å². The molecule has 0 saturated carbocycles. The van der Waals surface area contributed by atoms with Crippen LogP contribution in [0.3, 0.4) is 0 Å². The number of sulfonamides is 1. The van der Waals surface area contributed by atoms with Gasteiger partial charge in [-0.2, -0.15) is 0 Å². The minimum absolute atomic E-state index is 0.281. The highest BCUT2D eigenvalue weighted by atomic mass is 32.2. The number of rotatable bonds is 6. The predicted molar refractivity (Wildman–Crippen MR) is 115 cm³/mol. The van der Waals surface area contributed by atoms with Crippen LogP contribution >= 0.6 is 22.7 Å². The average molecular weight is 429 g/mol. The second-order valence-electron chi connectivity index (χ2n) is 5.97. The molecule has 0 radical (unpaired) electrons. The number of aromatic nitrogens is 2. The lowest BCUT2D eigenvalue weighted by Crippen LogP contribution is -2.11. The van der Waals surface area contributed by atoms with Gasteiger partial charge in [0.05, 0.1) is 11.4 Å². The van der Waals surface area contributed by atoms with Gasteiger partial charge in [0, 0.05) is 29.0 Å². The van der Waals surface area contributed by atoms with E-state index in [0.717, 1.165) is 27.6 Å². The quantitative estimate of drug-likeness (QED) is 0.445. The number of benzene rings is 1. The first-order valence-electron chi connectivity index (χ1n) is 8.31. The van der Waals surface area contributed by atoms with Crippen LogP contribution in [0.4, 0.5) is 16.5 Å². The molecule has 0 atom stereocenters. The lowest BCUT2D eigenvalue weighted by molar-refractivity contribution is 0.603. The highest BCUT2D eigenvalue weighted by Gasteiger charge is 2.16. The molecule has 3 aromatic heterocycles. The highest BCUT2D eigenvalue weighted by molar-refractivity contribution is 7.94. The Balaban J connectivity index is 1.56. The minimum atomic E-state index is -3.58. The summed E-state index contributed by atoms with van der Waals surface area (Å²) >= 11 is 2.66. The molecular formula is C19H16N4O2S3. The Hall–Kier alpha value is -2.75. The normalized spacial score (nSPS) is 11.3. The van der Waals surface area contributed by atoms with Crippen molar-refractivity contribution in [3.05, 3.63) is 71.2 Å². The Bertz CT molecular complexity index is 1190. The third kappa shape index (κ3) is 4.06. The van der Waals surface area contributed by atoms with E-state index in [1.807, 2.05) is 30.5 Å². The standard InChI is InChI=1S/C19H16N4O2S3/c1-13-6-7-15(23-28(24,25)18-5-3-9-26-18)10-16(13)21-19-22-17(12-27-19)14-4-2-8-20-11-14/h2-12,23H,1H3,(H,21,22). The number of thiophene rings is 1. The molecule has 4 rings (SSSR count). The van der Waals surface area contributed by atoms with E-state index in [0.29, 0.717) is 5.69 Å². The zero-order valence-electron chi connectivity index (χ0n) is 14.8. The van der Waals surface area contributed by atoms with Gasteiger partial charge >= 0.3 is 0 Å². The van der Waals surface area contributed by atoms with Crippen LogP contribution in [0.2, 0.25) is 0 Å². The molecule has 142 valence electrons. The van der Waals surface area contributed by atoms with Crippen molar-refractivity contribution in [3.8, 4) is 11.3 Å². The largest absolute Gasteiger partial charge is 0.331 e. The Kier molecular flexibility index (Phi) is 5.12. The number of anilines is 3. The summed E-state index contributed by atoms with van der Waals surface area (Å²) in [5.41, 5.74) is 4.05. The van der Waals surface area contributed by atoms with Gasteiger partial charge in [-0.1, -0.05) is 12.1 Å². The summed E-state index contributed by atoms with van der Waals surface area (Å²) in [4.78, 5) is 8.71. The van der Waals surface area contributed by atoms with Crippen LogP contribution in [0.15, 0.2) is 69.8 Å². The van der Waals surface area contributed by atoms with Gasteiger partial charge in [-0.15, -0.1) is 22.7 Å². The second-order valence-corrected chi connectivity index (χ2v) is 9.69. The first-order chi connectivity index (χ1) is 13.5. The maximum atomic E-state index is 12.4. The summed E-state index contributed by atoms with van der Waals surface area (Å²) in [5, 5.41) is 7.69. The Morgan fingerprint density at radius 1 is 1.07 bits per heavy atom. The van der Waals surface area contributed by atoms with Crippen LogP contribution in [0.5, 0.6) is 0 Å². The van der Waals surface area contributed by atoms with Crippen LogP contribution in [0.1, 0.15) is 5.56 Å². The van der Waals surface area contributed by atoms with Crippen LogP contribution < -0.4 is 10.0 Å². The van der Waals surface area contributed by atoms with Crippen LogP contribution in [-0.2, 0) is 10.0 Å². The topological polar surface area (TPSA) is 84.0 Å². The molecule has 28 heavy (non-hydrogen) atoms. The number of thiazole rings is 1. The molecule has 6 nitrogen and oxygen atoms in total. The molecule has 0 unspecified atom stereocenters. The summed E-state index contributed by atoms with van der Waals surface area (Å²) in [5.74, 6) is 0. The summed E-state index contributed by atoms with van der Waals surface area (Å²) < 4.78 is 27.8. The molecule has 1 aromatic carbocycles. The van der Waals surface area contributed by atoms with E-state index in [4.69, 9.17) is 0 Å². The minimum Gasteiger partial charge on any atom is -0.331 e. The van der Waals surface area contributed by atoms with Crippen LogP contribution in [-0.4, -0.2) is 18.4 Å². The van der Waals surface area contributed by atoms with Gasteiger partial charge < -0.3 is 5.32 Å². The molecule has 0 amide bonds. The van der Waals surface area contributed by atoms with Crippen molar-refractivity contribution in [2.45, 2.75) is 11.1 Å². The molecule has 3 heterocycles. The monoisotopic (exact) mass is 428 g/mol. The van der Waals surface area contributed by atoms with E-state index in [1.165, 1.54) is 22.7 Å². The lowest BCUT2D eigenvalue weighted by Gasteiger charge is -2.11. The van der Waals surface area contributed by atoms with Crippen LogP contribution in [0, 0.1) is 6.92 Å². The van der Waals surface area contributed by atoms with Gasteiger partial charge in [-0.25, -0.2) is 13.4 Å². The first kappa shape index (κ1) is 18.6. The number of hydrogen-bond acceptors (Lipinski definition) is 7. The average Bonchev–Trinajstić information content (AvgIpc) is 3.37. The number of aryl methyl sites for hydroxylation is 1. The molecule has 0 aliphatic rings. The van der Waals surface area contributed by atoms with E-state index in [1.54, 1.807) is 42.0 Å². The molecule has 0 saturated heterocycles. The Labute approximate surface area is 171 Å². The van der Waals surface area contributed by atoms with Crippen LogP contribution in [0.25, 0.3) is 11.3 Å². The van der Waals surface area contributed by atoms with E-state index in [-0.39, 0.29) is 4.21 Å². The summed E-state index contributed by atoms with van der Waals surface area (Å²) in [7, 11) is -3.58. The smallest absolute Gasteiger partial charge is 0.271 e. The fraction of sp³-hybridized carbons (Fsp3) is 0.0526. The molecule has 2 N–H and O–H groups in total. The van der Waals surface area contributed by atoms with E-state index in [2.05, 4.69) is 20.0 Å². The van der Waals surface area contributed by atoms with E-state index in [9.17, 15) is 8.42 Å². The fourth-order valence-corrected chi connectivity index (χ4v) is 5.31. The molecule has 0 spiro atoms. The van der Waals surface area contributed by atoms with E-state index < -0.39 is 10.0 Å². The Morgan fingerprint density at radius 3 is 2.71 bits per heavy atom. The van der Waals surface area contributed by atoms with Gasteiger partial charge in [0.2, 0.25) is 0 Å². The van der Waals surface area contributed by atoms with Crippen molar-refractivity contribution in [2.24, 2.45) is 0 Å². The molecule has 4 aromatic rings. The highest BCUT2D eigenvalue weighted by Crippen LogP contribution is 2.30. The van der Waals surface area contributed by atoms with Gasteiger partial charge in [-0.05, 0) is 48.2 Å². The third-order valence-electron chi connectivity index (χ3n) is 3.95. The maximum Gasteiger partial charge on any atom is 0.271 e. The second kappa shape index (κ2) is 7.70. The molecule has 0 aliphatic heterocycles. The predicted octanol–water partition coefficient (Wildman–Crippen LogP) is 5.12. The van der Waals surface area contributed by atoms with Crippen molar-refractivity contribution in [3.63, 3.8) is 0 Å². The van der Waals surface area contributed by atoms with Gasteiger partial charge in [-0.3, -0.25) is 9.71 Å². The van der Waals surface area contributed by atoms with Crippen molar-refractivity contribution >= 4 is 49.2 Å². The first-order valence-corrected chi connectivity index (χ1v) is 11.6.